The van der Waals surface area contributed by atoms with Gasteiger partial charge in [0.25, 0.3) is 0 Å². The average Bonchev–Trinajstić information content (AvgIpc) is 2.12. The Labute approximate surface area is 100 Å². The quantitative estimate of drug-likeness (QED) is 0.642. The van der Waals surface area contributed by atoms with Gasteiger partial charge in [-0.1, -0.05) is 35.2 Å². The molecule has 0 atom stereocenters. The van der Waals surface area contributed by atoms with E-state index in [4.69, 9.17) is 29.6 Å². The highest BCUT2D eigenvalue weighted by Crippen LogP contribution is 2.22. The lowest BCUT2D eigenvalue weighted by atomic mass is 10.2. The van der Waals surface area contributed by atoms with Crippen molar-refractivity contribution in [3.63, 3.8) is 0 Å². The second-order valence-corrected chi connectivity index (χ2v) is 3.37. The van der Waals surface area contributed by atoms with E-state index in [9.17, 15) is 0 Å². The lowest BCUT2D eigenvalue weighted by Crippen LogP contribution is -2.12. The van der Waals surface area contributed by atoms with Crippen molar-refractivity contribution < 1.29 is 0 Å². The summed E-state index contributed by atoms with van der Waals surface area (Å²) in [4.78, 5) is 0. The molecule has 1 nitrogen and oxygen atoms in total. The topological polar surface area (TPSA) is 12.0 Å². The Bertz CT molecular complexity index is 331. The lowest BCUT2D eigenvalue weighted by molar-refractivity contribution is 0.770. The van der Waals surface area contributed by atoms with Gasteiger partial charge in [0.15, 0.2) is 0 Å². The molecule has 0 radical (unpaired) electrons. The third kappa shape index (κ3) is 4.21. The smallest absolute Gasteiger partial charge is 0.0595 e. The Morgan fingerprint density at radius 2 is 2.00 bits per heavy atom. The predicted molar refractivity (Wildman–Crippen MR) is 64.2 cm³/mol. The van der Waals surface area contributed by atoms with Crippen molar-refractivity contribution >= 4 is 35.6 Å². The van der Waals surface area contributed by atoms with Crippen LogP contribution in [0.3, 0.4) is 0 Å². The lowest BCUT2D eigenvalue weighted by Gasteiger charge is -2.02. The molecule has 0 fully saturated rings. The van der Waals surface area contributed by atoms with Crippen LogP contribution in [-0.4, -0.2) is 6.54 Å². The normalized spacial score (nSPS) is 8.93. The van der Waals surface area contributed by atoms with Gasteiger partial charge in [0, 0.05) is 6.54 Å². The van der Waals surface area contributed by atoms with Crippen LogP contribution in [-0.2, 0) is 6.54 Å². The first-order valence-electron chi connectivity index (χ1n) is 3.82. The second-order valence-electron chi connectivity index (χ2n) is 2.56. The van der Waals surface area contributed by atoms with Crippen LogP contribution in [0.15, 0.2) is 18.2 Å². The molecular weight excluding hydrogens is 240 g/mol. The van der Waals surface area contributed by atoms with Crippen molar-refractivity contribution in [2.75, 3.05) is 6.54 Å². The molecule has 1 aromatic carbocycles. The molecule has 4 heteroatoms. The van der Waals surface area contributed by atoms with E-state index in [0.29, 0.717) is 23.1 Å². The largest absolute Gasteiger partial charge is 0.302 e. The highest BCUT2D eigenvalue weighted by atomic mass is 35.5. The fourth-order valence-electron chi connectivity index (χ4n) is 0.929. The molecule has 0 aliphatic heterocycles. The van der Waals surface area contributed by atoms with Crippen LogP contribution in [0.2, 0.25) is 10.0 Å². The second kappa shape index (κ2) is 6.98. The van der Waals surface area contributed by atoms with E-state index >= 15 is 0 Å². The summed E-state index contributed by atoms with van der Waals surface area (Å²) in [5.74, 6) is 2.49. The molecule has 0 saturated heterocycles. The molecule has 0 spiro atoms. The number of terminal acetylenes is 1. The molecule has 1 rings (SSSR count). The molecule has 0 aromatic heterocycles. The summed E-state index contributed by atoms with van der Waals surface area (Å²) >= 11 is 11.6. The first-order chi connectivity index (χ1) is 6.24. The zero-order valence-corrected chi connectivity index (χ0v) is 9.72. The third-order valence-corrected chi connectivity index (χ3v) is 2.28. The fourth-order valence-corrected chi connectivity index (χ4v) is 1.25. The Morgan fingerprint density at radius 1 is 1.29 bits per heavy atom. The van der Waals surface area contributed by atoms with Gasteiger partial charge in [0.1, 0.15) is 0 Å². The van der Waals surface area contributed by atoms with E-state index in [2.05, 4.69) is 11.2 Å². The first kappa shape index (κ1) is 13.6. The van der Waals surface area contributed by atoms with E-state index in [1.54, 1.807) is 6.07 Å². The van der Waals surface area contributed by atoms with Crippen molar-refractivity contribution in [2.45, 2.75) is 6.54 Å². The zero-order chi connectivity index (χ0) is 9.68. The van der Waals surface area contributed by atoms with Gasteiger partial charge in [-0.2, -0.15) is 0 Å². The van der Waals surface area contributed by atoms with E-state index in [1.165, 1.54) is 0 Å². The Morgan fingerprint density at radius 3 is 2.57 bits per heavy atom. The highest BCUT2D eigenvalue weighted by Gasteiger charge is 1.98. The molecule has 76 valence electrons. The molecule has 0 amide bonds. The number of halogens is 3. The van der Waals surface area contributed by atoms with Gasteiger partial charge in [-0.3, -0.25) is 0 Å². The fraction of sp³-hybridized carbons (Fsp3) is 0.200. The maximum absolute atomic E-state index is 5.83. The van der Waals surface area contributed by atoms with Gasteiger partial charge < -0.3 is 5.32 Å². The maximum Gasteiger partial charge on any atom is 0.0595 e. The van der Waals surface area contributed by atoms with Crippen molar-refractivity contribution in [3.05, 3.63) is 33.8 Å². The van der Waals surface area contributed by atoms with Crippen LogP contribution < -0.4 is 5.32 Å². The van der Waals surface area contributed by atoms with Gasteiger partial charge in [-0.25, -0.2) is 0 Å². The molecule has 0 aliphatic rings. The van der Waals surface area contributed by atoms with Crippen LogP contribution in [0.5, 0.6) is 0 Å². The van der Waals surface area contributed by atoms with Crippen LogP contribution in [0.4, 0.5) is 0 Å². The van der Waals surface area contributed by atoms with Crippen LogP contribution in [0.25, 0.3) is 0 Å². The SMILES string of the molecule is C#CCNCc1ccc(Cl)c(Cl)c1.Cl. The van der Waals surface area contributed by atoms with Crippen molar-refractivity contribution in [1.82, 2.24) is 5.32 Å². The summed E-state index contributed by atoms with van der Waals surface area (Å²) in [7, 11) is 0. The Balaban J connectivity index is 0.00000169. The number of benzene rings is 1. The standard InChI is InChI=1S/C10H9Cl2N.ClH/c1-2-5-13-7-8-3-4-9(11)10(12)6-8;/h1,3-4,6,13H,5,7H2;1H. The van der Waals surface area contributed by atoms with Crippen LogP contribution in [0.1, 0.15) is 5.56 Å². The van der Waals surface area contributed by atoms with Gasteiger partial charge in [0.05, 0.1) is 16.6 Å². The summed E-state index contributed by atoms with van der Waals surface area (Å²) in [6.07, 6.45) is 5.09. The molecule has 0 heterocycles. The molecular formula is C10H10Cl3N. The van der Waals surface area contributed by atoms with Gasteiger partial charge in [0.2, 0.25) is 0 Å². The summed E-state index contributed by atoms with van der Waals surface area (Å²) in [5, 5.41) is 4.20. The summed E-state index contributed by atoms with van der Waals surface area (Å²) < 4.78 is 0. The number of hydrogen-bond donors (Lipinski definition) is 1. The molecule has 14 heavy (non-hydrogen) atoms. The van der Waals surface area contributed by atoms with Gasteiger partial charge in [-0.15, -0.1) is 18.8 Å². The molecule has 1 aromatic rings. The number of nitrogens with one attached hydrogen (secondary N) is 1. The minimum atomic E-state index is 0. The summed E-state index contributed by atoms with van der Waals surface area (Å²) in [6.45, 7) is 1.27. The summed E-state index contributed by atoms with van der Waals surface area (Å²) in [6, 6.07) is 5.52. The monoisotopic (exact) mass is 249 g/mol. The first-order valence-corrected chi connectivity index (χ1v) is 4.57. The number of hydrogen-bond acceptors (Lipinski definition) is 1. The van der Waals surface area contributed by atoms with Crippen molar-refractivity contribution in [3.8, 4) is 12.3 Å². The van der Waals surface area contributed by atoms with Crippen molar-refractivity contribution in [2.24, 2.45) is 0 Å². The van der Waals surface area contributed by atoms with E-state index in [1.807, 2.05) is 12.1 Å². The van der Waals surface area contributed by atoms with Gasteiger partial charge in [-0.05, 0) is 17.7 Å². The summed E-state index contributed by atoms with van der Waals surface area (Å²) in [5.41, 5.74) is 1.07. The Hall–Kier alpha value is -0.390. The van der Waals surface area contributed by atoms with Crippen molar-refractivity contribution in [1.29, 1.82) is 0 Å². The molecule has 0 unspecified atom stereocenters. The van der Waals surface area contributed by atoms with E-state index < -0.39 is 0 Å². The minimum absolute atomic E-state index is 0. The molecule has 0 saturated carbocycles. The maximum atomic E-state index is 5.83. The Kier molecular flexibility index (Phi) is 6.78. The average molecular weight is 251 g/mol. The van der Waals surface area contributed by atoms with E-state index in [-0.39, 0.29) is 12.4 Å². The molecule has 0 bridgehead atoms. The minimum Gasteiger partial charge on any atom is -0.302 e. The zero-order valence-electron chi connectivity index (χ0n) is 7.39. The molecule has 1 N–H and O–H groups in total. The third-order valence-electron chi connectivity index (χ3n) is 1.54. The predicted octanol–water partition coefficient (Wildman–Crippen LogP) is 3.14. The van der Waals surface area contributed by atoms with Crippen LogP contribution in [0, 0.1) is 12.3 Å². The van der Waals surface area contributed by atoms with Crippen LogP contribution >= 0.6 is 35.6 Å². The molecule has 0 aliphatic carbocycles. The van der Waals surface area contributed by atoms with Gasteiger partial charge >= 0.3 is 0 Å². The number of rotatable bonds is 3. The highest BCUT2D eigenvalue weighted by molar-refractivity contribution is 6.42. The van der Waals surface area contributed by atoms with E-state index in [0.717, 1.165) is 5.56 Å².